The highest BCUT2D eigenvalue weighted by molar-refractivity contribution is 5.77. The highest BCUT2D eigenvalue weighted by atomic mass is 16.5. The lowest BCUT2D eigenvalue weighted by Gasteiger charge is -2.11. The largest absolute Gasteiger partial charge is 0.483 e. The number of rotatable bonds is 9. The first kappa shape index (κ1) is 17.0. The first-order valence-corrected chi connectivity index (χ1v) is 8.01. The van der Waals surface area contributed by atoms with Crippen LogP contribution < -0.4 is 15.8 Å². The van der Waals surface area contributed by atoms with Crippen molar-refractivity contribution in [1.82, 2.24) is 5.32 Å². The van der Waals surface area contributed by atoms with E-state index in [-0.39, 0.29) is 12.5 Å². The van der Waals surface area contributed by atoms with Crippen LogP contribution in [0.1, 0.15) is 24.0 Å². The Bertz CT molecular complexity index is 599. The molecule has 2 aromatic carbocycles. The second-order valence-corrected chi connectivity index (χ2v) is 5.40. The summed E-state index contributed by atoms with van der Waals surface area (Å²) in [5, 5.41) is 2.84. The molecule has 0 bridgehead atoms. The van der Waals surface area contributed by atoms with Gasteiger partial charge in [-0.25, -0.2) is 0 Å². The van der Waals surface area contributed by atoms with Crippen LogP contribution in [0.5, 0.6) is 5.75 Å². The number of carbonyl (C=O) groups is 1. The fraction of sp³-hybridized carbons (Fsp3) is 0.316. The minimum Gasteiger partial charge on any atom is -0.483 e. The lowest BCUT2D eigenvalue weighted by atomic mass is 10.0. The number of hydrogen-bond acceptors (Lipinski definition) is 3. The molecule has 0 unspecified atom stereocenters. The van der Waals surface area contributed by atoms with Crippen molar-refractivity contribution in [3.8, 4) is 5.75 Å². The molecule has 4 heteroatoms. The van der Waals surface area contributed by atoms with Crippen molar-refractivity contribution in [2.24, 2.45) is 5.73 Å². The summed E-state index contributed by atoms with van der Waals surface area (Å²) in [6, 6.07) is 18.0. The van der Waals surface area contributed by atoms with Crippen LogP contribution >= 0.6 is 0 Å². The van der Waals surface area contributed by atoms with E-state index in [9.17, 15) is 4.79 Å². The molecule has 2 aromatic rings. The van der Waals surface area contributed by atoms with Crippen LogP contribution in [0, 0.1) is 0 Å². The summed E-state index contributed by atoms with van der Waals surface area (Å²) >= 11 is 0. The third kappa shape index (κ3) is 6.12. The molecule has 1 amide bonds. The van der Waals surface area contributed by atoms with Gasteiger partial charge in [0.2, 0.25) is 0 Å². The lowest BCUT2D eigenvalue weighted by molar-refractivity contribution is -0.123. The van der Waals surface area contributed by atoms with Crippen molar-refractivity contribution in [2.75, 3.05) is 19.7 Å². The number of benzene rings is 2. The van der Waals surface area contributed by atoms with E-state index >= 15 is 0 Å². The molecule has 0 aromatic heterocycles. The summed E-state index contributed by atoms with van der Waals surface area (Å²) in [7, 11) is 0. The molecule has 0 aliphatic carbocycles. The number of unbranched alkanes of at least 4 members (excludes halogenated alkanes) is 1. The summed E-state index contributed by atoms with van der Waals surface area (Å²) in [6.45, 7) is 1.33. The van der Waals surface area contributed by atoms with Gasteiger partial charge >= 0.3 is 0 Å². The number of para-hydroxylation sites is 1. The van der Waals surface area contributed by atoms with Crippen molar-refractivity contribution < 1.29 is 9.53 Å². The molecule has 3 N–H and O–H groups in total. The maximum Gasteiger partial charge on any atom is 0.257 e. The van der Waals surface area contributed by atoms with Crippen molar-refractivity contribution in [2.45, 2.75) is 19.3 Å². The Labute approximate surface area is 137 Å². The first-order valence-electron chi connectivity index (χ1n) is 8.01. The fourth-order valence-corrected chi connectivity index (χ4v) is 2.30. The first-order chi connectivity index (χ1) is 11.3. The van der Waals surface area contributed by atoms with E-state index in [1.807, 2.05) is 42.5 Å². The summed E-state index contributed by atoms with van der Waals surface area (Å²) in [6.07, 6.45) is 2.60. The van der Waals surface area contributed by atoms with Crippen LogP contribution in [0.3, 0.4) is 0 Å². The Morgan fingerprint density at radius 3 is 2.52 bits per heavy atom. The van der Waals surface area contributed by atoms with E-state index in [1.165, 1.54) is 5.56 Å². The van der Waals surface area contributed by atoms with E-state index in [4.69, 9.17) is 10.5 Å². The minimum absolute atomic E-state index is 0.0361. The maximum atomic E-state index is 11.8. The molecule has 0 fully saturated rings. The predicted octanol–water partition coefficient (Wildman–Crippen LogP) is 2.51. The van der Waals surface area contributed by atoms with Crippen LogP contribution in [0.15, 0.2) is 54.6 Å². The van der Waals surface area contributed by atoms with Crippen LogP contribution in [0.2, 0.25) is 0 Å². The van der Waals surface area contributed by atoms with Gasteiger partial charge < -0.3 is 15.8 Å². The predicted molar refractivity (Wildman–Crippen MR) is 92.5 cm³/mol. The Kier molecular flexibility index (Phi) is 7.14. The molecule has 0 aliphatic rings. The molecular formula is C19H24N2O2. The second kappa shape index (κ2) is 9.64. The number of nitrogens with one attached hydrogen (secondary N) is 1. The third-order valence-electron chi connectivity index (χ3n) is 3.52. The molecule has 4 nitrogen and oxygen atoms in total. The molecule has 2 rings (SSSR count). The molecule has 0 saturated heterocycles. The van der Waals surface area contributed by atoms with E-state index in [0.29, 0.717) is 13.1 Å². The van der Waals surface area contributed by atoms with Gasteiger partial charge in [0.25, 0.3) is 5.91 Å². The summed E-state index contributed by atoms with van der Waals surface area (Å²) < 4.78 is 5.69. The van der Waals surface area contributed by atoms with E-state index in [1.54, 1.807) is 0 Å². The number of nitrogens with two attached hydrogens (primary N) is 1. The van der Waals surface area contributed by atoms with E-state index in [0.717, 1.165) is 30.6 Å². The summed E-state index contributed by atoms with van der Waals surface area (Å²) in [5.74, 6) is 0.657. The quantitative estimate of drug-likeness (QED) is 0.699. The van der Waals surface area contributed by atoms with Gasteiger partial charge in [0.05, 0.1) is 0 Å². The Morgan fingerprint density at radius 2 is 1.74 bits per heavy atom. The number of hydrogen-bond donors (Lipinski definition) is 2. The zero-order chi connectivity index (χ0) is 16.3. The Morgan fingerprint density at radius 1 is 1.00 bits per heavy atom. The molecule has 0 radical (unpaired) electrons. The number of ether oxygens (including phenoxy) is 1. The van der Waals surface area contributed by atoms with Crippen LogP contribution in [0.4, 0.5) is 0 Å². The van der Waals surface area contributed by atoms with Crippen LogP contribution in [0.25, 0.3) is 0 Å². The van der Waals surface area contributed by atoms with Gasteiger partial charge in [0.1, 0.15) is 5.75 Å². The second-order valence-electron chi connectivity index (χ2n) is 5.40. The molecule has 0 saturated carbocycles. The van der Waals surface area contributed by atoms with Gasteiger partial charge in [-0.05, 0) is 36.6 Å². The monoisotopic (exact) mass is 312 g/mol. The highest BCUT2D eigenvalue weighted by Crippen LogP contribution is 2.21. The average molecular weight is 312 g/mol. The molecule has 0 aliphatic heterocycles. The van der Waals surface area contributed by atoms with Gasteiger partial charge in [-0.3, -0.25) is 4.79 Å². The van der Waals surface area contributed by atoms with Gasteiger partial charge in [-0.2, -0.15) is 0 Å². The standard InChI is InChI=1S/C19H24N2O2/c20-12-6-7-13-21-19(22)15-23-18-11-5-4-10-17(18)14-16-8-2-1-3-9-16/h1-5,8-11H,6-7,12-15,20H2,(H,21,22). The van der Waals surface area contributed by atoms with E-state index in [2.05, 4.69) is 17.4 Å². The van der Waals surface area contributed by atoms with Crippen LogP contribution in [-0.4, -0.2) is 25.6 Å². The third-order valence-corrected chi connectivity index (χ3v) is 3.52. The summed E-state index contributed by atoms with van der Waals surface area (Å²) in [5.41, 5.74) is 7.72. The van der Waals surface area contributed by atoms with Gasteiger partial charge in [0.15, 0.2) is 6.61 Å². The molecule has 122 valence electrons. The van der Waals surface area contributed by atoms with Crippen molar-refractivity contribution in [3.05, 3.63) is 65.7 Å². The molecule has 0 heterocycles. The zero-order valence-corrected chi connectivity index (χ0v) is 13.3. The van der Waals surface area contributed by atoms with Crippen molar-refractivity contribution in [1.29, 1.82) is 0 Å². The molecule has 0 atom stereocenters. The normalized spacial score (nSPS) is 10.3. The Hall–Kier alpha value is -2.33. The topological polar surface area (TPSA) is 64.3 Å². The van der Waals surface area contributed by atoms with Gasteiger partial charge in [-0.1, -0.05) is 48.5 Å². The average Bonchev–Trinajstić information content (AvgIpc) is 2.59. The molecular weight excluding hydrogens is 288 g/mol. The molecule has 0 spiro atoms. The van der Waals surface area contributed by atoms with Gasteiger partial charge in [-0.15, -0.1) is 0 Å². The molecule has 23 heavy (non-hydrogen) atoms. The van der Waals surface area contributed by atoms with Gasteiger partial charge in [0, 0.05) is 13.0 Å². The number of carbonyl (C=O) groups excluding carboxylic acids is 1. The number of amides is 1. The minimum atomic E-state index is -0.100. The lowest BCUT2D eigenvalue weighted by Crippen LogP contribution is -2.30. The van der Waals surface area contributed by atoms with Crippen LogP contribution in [-0.2, 0) is 11.2 Å². The summed E-state index contributed by atoms with van der Waals surface area (Å²) in [4.78, 5) is 11.8. The Balaban J connectivity index is 1.86. The van der Waals surface area contributed by atoms with E-state index < -0.39 is 0 Å². The van der Waals surface area contributed by atoms with Crippen molar-refractivity contribution >= 4 is 5.91 Å². The maximum absolute atomic E-state index is 11.8. The van der Waals surface area contributed by atoms with Crippen molar-refractivity contribution in [3.63, 3.8) is 0 Å². The smallest absolute Gasteiger partial charge is 0.257 e. The highest BCUT2D eigenvalue weighted by Gasteiger charge is 2.07. The fourth-order valence-electron chi connectivity index (χ4n) is 2.30. The zero-order valence-electron chi connectivity index (χ0n) is 13.3. The SMILES string of the molecule is NCCCCNC(=O)COc1ccccc1Cc1ccccc1.